The van der Waals surface area contributed by atoms with Crippen molar-refractivity contribution >= 4 is 16.8 Å². The van der Waals surface area contributed by atoms with Gasteiger partial charge in [0.1, 0.15) is 25.3 Å². The van der Waals surface area contributed by atoms with Crippen molar-refractivity contribution in [3.63, 3.8) is 0 Å². The Morgan fingerprint density at radius 1 is 1.22 bits per heavy atom. The van der Waals surface area contributed by atoms with Gasteiger partial charge in [0, 0.05) is 11.5 Å². The number of nitrogens with zero attached hydrogens (tertiary/aromatic N) is 5. The minimum atomic E-state index is -0.0108. The normalized spacial score (nSPS) is 14.7. The molecule has 0 spiro atoms. The molecule has 1 aromatic carbocycles. The molecule has 3 heterocycles. The van der Waals surface area contributed by atoms with E-state index in [2.05, 4.69) is 15.1 Å². The first-order valence-corrected chi connectivity index (χ1v) is 7.40. The summed E-state index contributed by atoms with van der Waals surface area (Å²) >= 11 is 0. The first-order valence-electron chi connectivity index (χ1n) is 7.40. The number of para-hydroxylation sites is 1. The summed E-state index contributed by atoms with van der Waals surface area (Å²) < 4.78 is 7.35. The number of pyridine rings is 1. The molecule has 1 amide bonds. The molecule has 3 aromatic rings. The summed E-state index contributed by atoms with van der Waals surface area (Å²) in [6.07, 6.45) is 2.94. The average Bonchev–Trinajstić information content (AvgIpc) is 3.03. The number of ether oxygens (including phenoxy) is 1. The number of benzene rings is 1. The van der Waals surface area contributed by atoms with Crippen molar-refractivity contribution in [1.82, 2.24) is 24.6 Å². The highest BCUT2D eigenvalue weighted by Crippen LogP contribution is 2.20. The van der Waals surface area contributed by atoms with Crippen LogP contribution in [0.15, 0.2) is 49.1 Å². The molecule has 0 N–H and O–H groups in total. The Kier molecular flexibility index (Phi) is 3.38. The monoisotopic (exact) mass is 309 g/mol. The Bertz CT molecular complexity index is 827. The molecule has 0 bridgehead atoms. The van der Waals surface area contributed by atoms with Crippen LogP contribution in [0.4, 0.5) is 0 Å². The van der Waals surface area contributed by atoms with Crippen LogP contribution in [0.3, 0.4) is 0 Å². The van der Waals surface area contributed by atoms with E-state index in [9.17, 15) is 4.79 Å². The van der Waals surface area contributed by atoms with Gasteiger partial charge < -0.3 is 9.64 Å². The fraction of sp³-hybridized carbons (Fsp3) is 0.250. The third kappa shape index (κ3) is 2.85. The number of rotatable bonds is 4. The summed E-state index contributed by atoms with van der Waals surface area (Å²) in [7, 11) is 0. The van der Waals surface area contributed by atoms with Crippen molar-refractivity contribution < 1.29 is 9.53 Å². The van der Waals surface area contributed by atoms with Gasteiger partial charge in [-0.2, -0.15) is 5.10 Å². The highest BCUT2D eigenvalue weighted by atomic mass is 16.5. The predicted octanol–water partition coefficient (Wildman–Crippen LogP) is 1.12. The molecular formula is C16H15N5O2. The molecule has 0 atom stereocenters. The second kappa shape index (κ2) is 5.68. The van der Waals surface area contributed by atoms with E-state index in [1.807, 2.05) is 36.4 Å². The molecule has 0 unspecified atom stereocenters. The van der Waals surface area contributed by atoms with E-state index in [-0.39, 0.29) is 18.6 Å². The fourth-order valence-electron chi connectivity index (χ4n) is 2.55. The molecule has 1 saturated heterocycles. The van der Waals surface area contributed by atoms with Gasteiger partial charge in [-0.3, -0.25) is 4.79 Å². The molecule has 7 heteroatoms. The van der Waals surface area contributed by atoms with Crippen LogP contribution in [0.5, 0.6) is 5.88 Å². The Morgan fingerprint density at radius 2 is 2.09 bits per heavy atom. The van der Waals surface area contributed by atoms with Crippen molar-refractivity contribution in [3.05, 3.63) is 49.1 Å². The van der Waals surface area contributed by atoms with E-state index in [0.29, 0.717) is 19.0 Å². The van der Waals surface area contributed by atoms with Crippen molar-refractivity contribution in [3.8, 4) is 5.88 Å². The molecule has 1 fully saturated rings. The molecule has 2 aromatic heterocycles. The number of hydrogen-bond acceptors (Lipinski definition) is 5. The molecule has 1 aliphatic heterocycles. The summed E-state index contributed by atoms with van der Waals surface area (Å²) in [5.41, 5.74) is 0.906. The lowest BCUT2D eigenvalue weighted by Gasteiger charge is -2.38. The SMILES string of the molecule is O=C(Cn1cncn1)N1CC(Oc2ccc3ccccc3n2)C1. The summed E-state index contributed by atoms with van der Waals surface area (Å²) in [5.74, 6) is 0.610. The zero-order chi connectivity index (χ0) is 15.6. The third-order valence-corrected chi connectivity index (χ3v) is 3.82. The van der Waals surface area contributed by atoms with Crippen LogP contribution < -0.4 is 4.74 Å². The molecule has 7 nitrogen and oxygen atoms in total. The number of hydrogen-bond donors (Lipinski definition) is 0. The lowest BCUT2D eigenvalue weighted by molar-refractivity contribution is -0.140. The topological polar surface area (TPSA) is 73.1 Å². The second-order valence-electron chi connectivity index (χ2n) is 5.47. The lowest BCUT2D eigenvalue weighted by Crippen LogP contribution is -2.57. The zero-order valence-electron chi connectivity index (χ0n) is 12.4. The maximum atomic E-state index is 12.0. The molecule has 4 rings (SSSR count). The van der Waals surface area contributed by atoms with Gasteiger partial charge in [-0.1, -0.05) is 18.2 Å². The highest BCUT2D eigenvalue weighted by molar-refractivity contribution is 5.79. The number of carbonyl (C=O) groups excluding carboxylic acids is 1. The van der Waals surface area contributed by atoms with Crippen molar-refractivity contribution in [2.75, 3.05) is 13.1 Å². The summed E-state index contributed by atoms with van der Waals surface area (Å²) in [6.45, 7) is 1.35. The molecule has 0 saturated carbocycles. The van der Waals surface area contributed by atoms with E-state index in [0.717, 1.165) is 10.9 Å². The van der Waals surface area contributed by atoms with Crippen LogP contribution in [0, 0.1) is 0 Å². The highest BCUT2D eigenvalue weighted by Gasteiger charge is 2.32. The van der Waals surface area contributed by atoms with Crippen molar-refractivity contribution in [2.24, 2.45) is 0 Å². The van der Waals surface area contributed by atoms with Crippen molar-refractivity contribution in [2.45, 2.75) is 12.6 Å². The van der Waals surface area contributed by atoms with Crippen LogP contribution in [0.2, 0.25) is 0 Å². The Morgan fingerprint density at radius 3 is 2.91 bits per heavy atom. The Hall–Kier alpha value is -2.96. The Balaban J connectivity index is 1.33. The predicted molar refractivity (Wildman–Crippen MR) is 82.8 cm³/mol. The maximum absolute atomic E-state index is 12.0. The lowest BCUT2D eigenvalue weighted by atomic mass is 10.1. The van der Waals surface area contributed by atoms with Crippen LogP contribution in [0.25, 0.3) is 10.9 Å². The van der Waals surface area contributed by atoms with Gasteiger partial charge in [0.15, 0.2) is 0 Å². The van der Waals surface area contributed by atoms with Gasteiger partial charge >= 0.3 is 0 Å². The number of aromatic nitrogens is 4. The van der Waals surface area contributed by atoms with Gasteiger partial charge in [0.25, 0.3) is 0 Å². The van der Waals surface area contributed by atoms with E-state index in [1.54, 1.807) is 4.90 Å². The van der Waals surface area contributed by atoms with E-state index >= 15 is 0 Å². The minimum Gasteiger partial charge on any atom is -0.471 e. The van der Waals surface area contributed by atoms with Crippen molar-refractivity contribution in [1.29, 1.82) is 0 Å². The quantitative estimate of drug-likeness (QED) is 0.722. The van der Waals surface area contributed by atoms with Crippen LogP contribution in [-0.4, -0.2) is 49.7 Å². The fourth-order valence-corrected chi connectivity index (χ4v) is 2.55. The van der Waals surface area contributed by atoms with Gasteiger partial charge in [-0.15, -0.1) is 0 Å². The minimum absolute atomic E-state index is 0.0108. The molecular weight excluding hydrogens is 294 g/mol. The van der Waals surface area contributed by atoms with Crippen LogP contribution >= 0.6 is 0 Å². The first-order chi connectivity index (χ1) is 11.3. The molecule has 0 radical (unpaired) electrons. The first kappa shape index (κ1) is 13.7. The number of fused-ring (bicyclic) bond motifs is 1. The number of amides is 1. The largest absolute Gasteiger partial charge is 0.471 e. The molecule has 116 valence electrons. The molecule has 0 aliphatic carbocycles. The molecule has 23 heavy (non-hydrogen) atoms. The van der Waals surface area contributed by atoms with Gasteiger partial charge in [0.05, 0.1) is 18.6 Å². The van der Waals surface area contributed by atoms with Gasteiger partial charge in [0.2, 0.25) is 11.8 Å². The van der Waals surface area contributed by atoms with Gasteiger partial charge in [-0.25, -0.2) is 14.6 Å². The number of carbonyl (C=O) groups is 1. The van der Waals surface area contributed by atoms with E-state index < -0.39 is 0 Å². The Labute approximate surface area is 132 Å². The maximum Gasteiger partial charge on any atom is 0.244 e. The standard InChI is InChI=1S/C16H15N5O2/c22-16(9-21-11-17-10-18-21)20-7-13(8-20)23-15-6-5-12-3-1-2-4-14(12)19-15/h1-6,10-11,13H,7-9H2. The number of likely N-dealkylation sites (tertiary alicyclic amines) is 1. The van der Waals surface area contributed by atoms with E-state index in [1.165, 1.54) is 17.3 Å². The summed E-state index contributed by atoms with van der Waals surface area (Å²) in [4.78, 5) is 22.1. The van der Waals surface area contributed by atoms with Crippen LogP contribution in [-0.2, 0) is 11.3 Å². The van der Waals surface area contributed by atoms with Gasteiger partial charge in [-0.05, 0) is 12.1 Å². The van der Waals surface area contributed by atoms with Crippen LogP contribution in [0.1, 0.15) is 0 Å². The van der Waals surface area contributed by atoms with E-state index in [4.69, 9.17) is 4.74 Å². The molecule has 1 aliphatic rings. The second-order valence-corrected chi connectivity index (χ2v) is 5.47. The summed E-state index contributed by atoms with van der Waals surface area (Å²) in [6, 6.07) is 11.8. The third-order valence-electron chi connectivity index (χ3n) is 3.82. The smallest absolute Gasteiger partial charge is 0.244 e. The summed E-state index contributed by atoms with van der Waals surface area (Å²) in [5, 5.41) is 5.01. The zero-order valence-corrected chi connectivity index (χ0v) is 12.4. The average molecular weight is 309 g/mol.